The molecule has 1 aliphatic rings. The molecular formula is C20H24N2O4S. The maximum atomic E-state index is 12.7. The minimum absolute atomic E-state index is 0.0529. The van der Waals surface area contributed by atoms with Gasteiger partial charge in [-0.15, -0.1) is 0 Å². The van der Waals surface area contributed by atoms with Crippen molar-refractivity contribution in [2.75, 3.05) is 31.6 Å². The van der Waals surface area contributed by atoms with E-state index in [1.807, 2.05) is 31.2 Å². The average molecular weight is 388 g/mol. The smallest absolute Gasteiger partial charge is 0.243 e. The molecule has 0 amide bonds. The van der Waals surface area contributed by atoms with Crippen LogP contribution in [0.25, 0.3) is 0 Å². The van der Waals surface area contributed by atoms with Gasteiger partial charge in [-0.3, -0.25) is 4.79 Å². The lowest BCUT2D eigenvalue weighted by Crippen LogP contribution is -2.28. The number of nitrogens with zero attached hydrogens (tertiary/aromatic N) is 1. The van der Waals surface area contributed by atoms with E-state index in [-0.39, 0.29) is 17.2 Å². The Bertz CT molecular complexity index is 906. The summed E-state index contributed by atoms with van der Waals surface area (Å²) in [5.74, 6) is 0.498. The normalized spacial score (nSPS) is 14.9. The molecular weight excluding hydrogens is 364 g/mol. The third-order valence-corrected chi connectivity index (χ3v) is 6.38. The number of hydrogen-bond acceptors (Lipinski definition) is 5. The Hall–Kier alpha value is -2.38. The number of Topliss-reactive ketones (excluding diaryl/α,β-unsaturated/α-hetero) is 1. The van der Waals surface area contributed by atoms with Crippen LogP contribution < -0.4 is 10.1 Å². The number of carbonyl (C=O) groups is 1. The van der Waals surface area contributed by atoms with Gasteiger partial charge in [-0.05, 0) is 44.0 Å². The Kier molecular flexibility index (Phi) is 6.13. The first-order valence-corrected chi connectivity index (χ1v) is 10.6. The number of hydrogen-bond donors (Lipinski definition) is 1. The summed E-state index contributed by atoms with van der Waals surface area (Å²) in [5, 5.41) is 3.08. The zero-order chi connectivity index (χ0) is 19.3. The molecule has 1 N–H and O–H groups in total. The lowest BCUT2D eigenvalue weighted by molar-refractivity contribution is 0.101. The molecule has 1 aliphatic heterocycles. The number of anilines is 1. The zero-order valence-corrected chi connectivity index (χ0v) is 16.2. The van der Waals surface area contributed by atoms with Crippen LogP contribution in [0.5, 0.6) is 5.75 Å². The lowest BCUT2D eigenvalue weighted by atomic mass is 10.1. The van der Waals surface area contributed by atoms with Crippen LogP contribution in [0.2, 0.25) is 0 Å². The van der Waals surface area contributed by atoms with Crippen molar-refractivity contribution in [3.8, 4) is 5.75 Å². The third-order valence-electron chi connectivity index (χ3n) is 4.49. The highest BCUT2D eigenvalue weighted by Crippen LogP contribution is 2.24. The average Bonchev–Trinajstić information content (AvgIpc) is 3.23. The fraction of sp³-hybridized carbons (Fsp3) is 0.350. The largest absolute Gasteiger partial charge is 0.492 e. The Morgan fingerprint density at radius 3 is 2.59 bits per heavy atom. The number of carbonyl (C=O) groups excluding carboxylic acids is 1. The Morgan fingerprint density at radius 2 is 1.85 bits per heavy atom. The minimum atomic E-state index is -3.54. The van der Waals surface area contributed by atoms with Crippen LogP contribution in [0.4, 0.5) is 5.69 Å². The zero-order valence-electron chi connectivity index (χ0n) is 15.3. The summed E-state index contributed by atoms with van der Waals surface area (Å²) in [6.07, 6.45) is 1.75. The first kappa shape index (κ1) is 19.4. The van der Waals surface area contributed by atoms with Crippen molar-refractivity contribution in [1.82, 2.24) is 4.31 Å². The monoisotopic (exact) mass is 388 g/mol. The van der Waals surface area contributed by atoms with E-state index in [1.165, 1.54) is 10.4 Å². The number of ketones is 1. The summed E-state index contributed by atoms with van der Waals surface area (Å²) in [7, 11) is -3.54. The van der Waals surface area contributed by atoms with Crippen LogP contribution in [0.3, 0.4) is 0 Å². The van der Waals surface area contributed by atoms with Gasteiger partial charge in [-0.1, -0.05) is 24.3 Å². The molecule has 0 spiro atoms. The molecule has 0 aromatic heterocycles. The van der Waals surface area contributed by atoms with Crippen molar-refractivity contribution in [3.63, 3.8) is 0 Å². The highest BCUT2D eigenvalue weighted by atomic mass is 32.2. The maximum Gasteiger partial charge on any atom is 0.243 e. The van der Waals surface area contributed by atoms with Crippen LogP contribution in [0, 0.1) is 0 Å². The second kappa shape index (κ2) is 8.54. The predicted octanol–water partition coefficient (Wildman–Crippen LogP) is 3.16. The molecule has 3 rings (SSSR count). The first-order valence-electron chi connectivity index (χ1n) is 9.11. The number of para-hydroxylation sites is 2. The van der Waals surface area contributed by atoms with Gasteiger partial charge in [0, 0.05) is 18.7 Å². The van der Waals surface area contributed by atoms with E-state index < -0.39 is 10.0 Å². The summed E-state index contributed by atoms with van der Waals surface area (Å²) in [6.45, 7) is 3.56. The van der Waals surface area contributed by atoms with Crippen molar-refractivity contribution in [2.45, 2.75) is 24.7 Å². The minimum Gasteiger partial charge on any atom is -0.492 e. The van der Waals surface area contributed by atoms with Gasteiger partial charge in [0.25, 0.3) is 0 Å². The second-order valence-electron chi connectivity index (χ2n) is 6.34. The molecule has 0 unspecified atom stereocenters. The number of nitrogens with one attached hydrogen (secondary N) is 1. The fourth-order valence-corrected chi connectivity index (χ4v) is 4.64. The van der Waals surface area contributed by atoms with Crippen molar-refractivity contribution < 1.29 is 17.9 Å². The lowest BCUT2D eigenvalue weighted by Gasteiger charge is -2.16. The Morgan fingerprint density at radius 1 is 1.11 bits per heavy atom. The molecule has 7 heteroatoms. The van der Waals surface area contributed by atoms with E-state index in [2.05, 4.69) is 5.32 Å². The van der Waals surface area contributed by atoms with Crippen molar-refractivity contribution in [1.29, 1.82) is 0 Å². The van der Waals surface area contributed by atoms with Gasteiger partial charge in [-0.2, -0.15) is 4.31 Å². The van der Waals surface area contributed by atoms with Gasteiger partial charge in [0.05, 0.1) is 23.7 Å². The van der Waals surface area contributed by atoms with Crippen LogP contribution >= 0.6 is 0 Å². The molecule has 0 saturated carbocycles. The molecule has 2 aromatic carbocycles. The van der Waals surface area contributed by atoms with E-state index in [4.69, 9.17) is 4.74 Å². The molecule has 0 atom stereocenters. The first-order chi connectivity index (χ1) is 13.0. The maximum absolute atomic E-state index is 12.7. The van der Waals surface area contributed by atoms with Crippen LogP contribution in [0.15, 0.2) is 53.4 Å². The van der Waals surface area contributed by atoms with Crippen LogP contribution in [-0.2, 0) is 10.0 Å². The molecule has 0 bridgehead atoms. The van der Waals surface area contributed by atoms with Gasteiger partial charge in [0.1, 0.15) is 5.75 Å². The van der Waals surface area contributed by atoms with Gasteiger partial charge in [0.15, 0.2) is 5.78 Å². The standard InChI is InChI=1S/C20H24N2O4S/c1-2-26-20-11-4-3-10-18(20)21-15-19(23)16-8-7-9-17(14-16)27(24,25)22-12-5-6-13-22/h3-4,7-11,14,21H,2,5-6,12-13,15H2,1H3. The number of rotatable bonds is 8. The molecule has 0 aliphatic carbocycles. The molecule has 27 heavy (non-hydrogen) atoms. The molecule has 2 aromatic rings. The van der Waals surface area contributed by atoms with Crippen molar-refractivity contribution in [3.05, 3.63) is 54.1 Å². The molecule has 1 heterocycles. The summed E-state index contributed by atoms with van der Waals surface area (Å²) in [5.41, 5.74) is 1.10. The van der Waals surface area contributed by atoms with E-state index in [1.54, 1.807) is 18.2 Å². The van der Waals surface area contributed by atoms with Crippen LogP contribution in [0.1, 0.15) is 30.1 Å². The molecule has 1 fully saturated rings. The summed E-state index contributed by atoms with van der Waals surface area (Å²) in [6, 6.07) is 13.7. The van der Waals surface area contributed by atoms with Gasteiger partial charge < -0.3 is 10.1 Å². The van der Waals surface area contributed by atoms with E-state index in [0.717, 1.165) is 18.5 Å². The number of benzene rings is 2. The second-order valence-corrected chi connectivity index (χ2v) is 8.28. The van der Waals surface area contributed by atoms with Gasteiger partial charge in [-0.25, -0.2) is 8.42 Å². The van der Waals surface area contributed by atoms with E-state index in [9.17, 15) is 13.2 Å². The van der Waals surface area contributed by atoms with E-state index >= 15 is 0 Å². The fourth-order valence-electron chi connectivity index (χ4n) is 3.08. The molecule has 0 radical (unpaired) electrons. The summed E-state index contributed by atoms with van der Waals surface area (Å²) in [4.78, 5) is 12.7. The molecule has 6 nitrogen and oxygen atoms in total. The topological polar surface area (TPSA) is 75.7 Å². The summed E-state index contributed by atoms with van der Waals surface area (Å²) < 4.78 is 32.4. The predicted molar refractivity (Wildman–Crippen MR) is 105 cm³/mol. The number of ether oxygens (including phenoxy) is 1. The molecule has 144 valence electrons. The highest BCUT2D eigenvalue weighted by molar-refractivity contribution is 7.89. The molecule has 1 saturated heterocycles. The Labute approximate surface area is 160 Å². The SMILES string of the molecule is CCOc1ccccc1NCC(=O)c1cccc(S(=O)(=O)N2CCCC2)c1. The summed E-state index contributed by atoms with van der Waals surface area (Å²) >= 11 is 0. The van der Waals surface area contributed by atoms with Crippen molar-refractivity contribution in [2.24, 2.45) is 0 Å². The number of sulfonamides is 1. The highest BCUT2D eigenvalue weighted by Gasteiger charge is 2.27. The van der Waals surface area contributed by atoms with Gasteiger partial charge in [0.2, 0.25) is 10.0 Å². The quantitative estimate of drug-likeness (QED) is 0.703. The van der Waals surface area contributed by atoms with E-state index in [0.29, 0.717) is 31.0 Å². The van der Waals surface area contributed by atoms with Crippen molar-refractivity contribution >= 4 is 21.5 Å². The Balaban J connectivity index is 1.73. The van der Waals surface area contributed by atoms with Gasteiger partial charge >= 0.3 is 0 Å². The van der Waals surface area contributed by atoms with Crippen LogP contribution in [-0.4, -0.2) is 44.7 Å². The third kappa shape index (κ3) is 4.48.